The summed E-state index contributed by atoms with van der Waals surface area (Å²) in [6.07, 6.45) is 0.397. The summed E-state index contributed by atoms with van der Waals surface area (Å²) in [6.45, 7) is 4.83. The highest BCUT2D eigenvalue weighted by Gasteiger charge is 2.26. The van der Waals surface area contributed by atoms with Crippen molar-refractivity contribution in [3.63, 3.8) is 0 Å². The molecule has 0 bridgehead atoms. The molecule has 0 saturated carbocycles. The maximum Gasteiger partial charge on any atom is 0.337 e. The van der Waals surface area contributed by atoms with Crippen molar-refractivity contribution in [3.8, 4) is 34.3 Å². The van der Waals surface area contributed by atoms with E-state index in [9.17, 15) is 24.9 Å². The van der Waals surface area contributed by atoms with Crippen molar-refractivity contribution >= 4 is 16.9 Å². The van der Waals surface area contributed by atoms with E-state index in [1.165, 1.54) is 7.11 Å². The van der Waals surface area contributed by atoms with Crippen LogP contribution < -0.4 is 14.9 Å². The summed E-state index contributed by atoms with van der Waals surface area (Å²) in [5.74, 6) is -1.57. The van der Waals surface area contributed by atoms with Gasteiger partial charge in [0.2, 0.25) is 11.2 Å². The number of hydrogen-bond donors (Lipinski definition) is 3. The Morgan fingerprint density at radius 2 is 1.79 bits per heavy atom. The minimum Gasteiger partial charge on any atom is -0.507 e. The number of fused-ring (bicyclic) bond motifs is 1. The van der Waals surface area contributed by atoms with E-state index < -0.39 is 28.5 Å². The second-order valence-electron chi connectivity index (χ2n) is 8.34. The van der Waals surface area contributed by atoms with E-state index in [1.54, 1.807) is 45.0 Å². The van der Waals surface area contributed by atoms with Crippen molar-refractivity contribution in [3.05, 3.63) is 46.1 Å². The molecule has 0 spiro atoms. The summed E-state index contributed by atoms with van der Waals surface area (Å²) in [7, 11) is 1.51. The third-order valence-electron chi connectivity index (χ3n) is 5.16. The lowest BCUT2D eigenvalue weighted by atomic mass is 9.96. The lowest BCUT2D eigenvalue weighted by molar-refractivity contribution is -0.139. The number of phenols is 2. The first kappa shape index (κ1) is 25.1. The van der Waals surface area contributed by atoms with Crippen LogP contribution in [0.25, 0.3) is 22.3 Å². The van der Waals surface area contributed by atoms with Crippen LogP contribution in [0.3, 0.4) is 0 Å². The van der Waals surface area contributed by atoms with Crippen molar-refractivity contribution < 1.29 is 38.7 Å². The average molecular weight is 472 g/mol. The normalized spacial score (nSPS) is 11.6. The first-order valence-electron chi connectivity index (χ1n) is 10.8. The van der Waals surface area contributed by atoms with Crippen molar-refractivity contribution in [2.24, 2.45) is 0 Å². The molecule has 182 valence electrons. The third-order valence-corrected chi connectivity index (χ3v) is 5.16. The van der Waals surface area contributed by atoms with Crippen LogP contribution in [0.15, 0.2) is 39.5 Å². The standard InChI is InChI=1S/C25H28O9/c1-5-32-13-19(28)33-24-21(29)20-18(27)12-17(26)16(10-11-25(2,3)30)23(20)34-22(24)14-6-8-15(31-4)9-7-14/h6-9,12,26-27,30H,5,10-11,13H2,1-4H3. The lowest BCUT2D eigenvalue weighted by Gasteiger charge is -2.18. The molecular weight excluding hydrogens is 444 g/mol. The molecule has 0 amide bonds. The van der Waals surface area contributed by atoms with Gasteiger partial charge < -0.3 is 33.9 Å². The molecule has 9 nitrogen and oxygen atoms in total. The maximum atomic E-state index is 13.4. The topological polar surface area (TPSA) is 136 Å². The number of phenolic OH excluding ortho intramolecular Hbond substituents is 2. The van der Waals surface area contributed by atoms with Crippen LogP contribution in [-0.2, 0) is 16.0 Å². The number of rotatable bonds is 9. The van der Waals surface area contributed by atoms with Crippen LogP contribution in [0, 0.1) is 0 Å². The number of methoxy groups -OCH3 is 1. The Bertz CT molecular complexity index is 1230. The van der Waals surface area contributed by atoms with Gasteiger partial charge in [-0.1, -0.05) is 0 Å². The quantitative estimate of drug-likeness (QED) is 0.400. The fourth-order valence-electron chi connectivity index (χ4n) is 3.40. The number of carbonyl (C=O) groups excluding carboxylic acids is 1. The summed E-state index contributed by atoms with van der Waals surface area (Å²) >= 11 is 0. The number of ether oxygens (including phenoxy) is 3. The fraction of sp³-hybridized carbons (Fsp3) is 0.360. The molecule has 0 unspecified atom stereocenters. The summed E-state index contributed by atoms with van der Waals surface area (Å²) in [5, 5.41) is 30.9. The number of aromatic hydroxyl groups is 2. The van der Waals surface area contributed by atoms with Gasteiger partial charge in [-0.25, -0.2) is 4.79 Å². The molecular formula is C25H28O9. The van der Waals surface area contributed by atoms with Gasteiger partial charge in [-0.05, 0) is 57.9 Å². The van der Waals surface area contributed by atoms with Crippen LogP contribution in [-0.4, -0.2) is 47.2 Å². The second kappa shape index (κ2) is 10.1. The molecule has 0 radical (unpaired) electrons. The van der Waals surface area contributed by atoms with Crippen LogP contribution in [0.1, 0.15) is 32.8 Å². The van der Waals surface area contributed by atoms with Gasteiger partial charge in [0.05, 0.1) is 12.7 Å². The number of aliphatic hydroxyl groups is 1. The van der Waals surface area contributed by atoms with E-state index in [4.69, 9.17) is 18.6 Å². The van der Waals surface area contributed by atoms with Gasteiger partial charge in [-0.2, -0.15) is 0 Å². The van der Waals surface area contributed by atoms with E-state index in [0.29, 0.717) is 11.3 Å². The molecule has 0 aliphatic rings. The molecule has 0 atom stereocenters. The Balaban J connectivity index is 2.28. The van der Waals surface area contributed by atoms with Crippen molar-refractivity contribution in [1.29, 1.82) is 0 Å². The SMILES string of the molecule is CCOCC(=O)Oc1c(-c2ccc(OC)cc2)oc2c(CCC(C)(C)O)c(O)cc(O)c2c1=O. The molecule has 0 saturated heterocycles. The van der Waals surface area contributed by atoms with Gasteiger partial charge >= 0.3 is 5.97 Å². The lowest BCUT2D eigenvalue weighted by Crippen LogP contribution is -2.21. The number of esters is 1. The van der Waals surface area contributed by atoms with Gasteiger partial charge in [0.15, 0.2) is 5.76 Å². The number of benzene rings is 2. The fourth-order valence-corrected chi connectivity index (χ4v) is 3.40. The van der Waals surface area contributed by atoms with Crippen LogP contribution in [0.5, 0.6) is 23.0 Å². The summed E-state index contributed by atoms with van der Waals surface area (Å²) in [6, 6.07) is 7.53. The minimum absolute atomic E-state index is 0.0674. The summed E-state index contributed by atoms with van der Waals surface area (Å²) < 4.78 is 21.6. The maximum absolute atomic E-state index is 13.4. The molecule has 3 rings (SSSR count). The van der Waals surface area contributed by atoms with Gasteiger partial charge in [0.1, 0.15) is 34.8 Å². The number of hydrogen-bond acceptors (Lipinski definition) is 9. The Kier molecular flexibility index (Phi) is 7.48. The second-order valence-corrected chi connectivity index (χ2v) is 8.34. The molecule has 3 N–H and O–H groups in total. The van der Waals surface area contributed by atoms with E-state index in [0.717, 1.165) is 6.07 Å². The van der Waals surface area contributed by atoms with Crippen LogP contribution in [0.2, 0.25) is 0 Å². The van der Waals surface area contributed by atoms with Crippen molar-refractivity contribution in [1.82, 2.24) is 0 Å². The first-order chi connectivity index (χ1) is 16.1. The zero-order valence-electron chi connectivity index (χ0n) is 19.5. The zero-order valence-corrected chi connectivity index (χ0v) is 19.5. The molecule has 34 heavy (non-hydrogen) atoms. The minimum atomic E-state index is -1.05. The molecule has 3 aromatic rings. The monoisotopic (exact) mass is 472 g/mol. The summed E-state index contributed by atoms with van der Waals surface area (Å²) in [5.41, 5.74) is -1.28. The predicted octanol–water partition coefficient (Wildman–Crippen LogP) is 3.53. The molecule has 9 heteroatoms. The number of carbonyl (C=O) groups is 1. The highest BCUT2D eigenvalue weighted by atomic mass is 16.6. The molecule has 1 aromatic heterocycles. The van der Waals surface area contributed by atoms with Gasteiger partial charge in [0.25, 0.3) is 0 Å². The first-order valence-corrected chi connectivity index (χ1v) is 10.8. The van der Waals surface area contributed by atoms with Gasteiger partial charge in [-0.15, -0.1) is 0 Å². The Labute approximate surface area is 196 Å². The van der Waals surface area contributed by atoms with Crippen molar-refractivity contribution in [2.45, 2.75) is 39.2 Å². The zero-order chi connectivity index (χ0) is 25.0. The predicted molar refractivity (Wildman–Crippen MR) is 125 cm³/mol. The molecule has 0 aliphatic carbocycles. The van der Waals surface area contributed by atoms with Crippen LogP contribution in [0.4, 0.5) is 0 Å². The summed E-state index contributed by atoms with van der Waals surface area (Å²) in [4.78, 5) is 25.7. The van der Waals surface area contributed by atoms with E-state index in [2.05, 4.69) is 0 Å². The third kappa shape index (κ3) is 5.49. The molecule has 0 fully saturated rings. The van der Waals surface area contributed by atoms with Gasteiger partial charge in [-0.3, -0.25) is 4.79 Å². The largest absolute Gasteiger partial charge is 0.507 e. The Morgan fingerprint density at radius 1 is 1.12 bits per heavy atom. The highest BCUT2D eigenvalue weighted by Crippen LogP contribution is 2.39. The highest BCUT2D eigenvalue weighted by molar-refractivity contribution is 5.92. The van der Waals surface area contributed by atoms with Crippen molar-refractivity contribution in [2.75, 3.05) is 20.3 Å². The molecule has 1 heterocycles. The average Bonchev–Trinajstić information content (AvgIpc) is 2.78. The van der Waals surface area contributed by atoms with Crippen LogP contribution >= 0.6 is 0 Å². The Hall–Kier alpha value is -3.56. The number of aryl methyl sites for hydroxylation is 1. The van der Waals surface area contributed by atoms with Gasteiger partial charge in [0, 0.05) is 23.8 Å². The van der Waals surface area contributed by atoms with E-state index in [1.807, 2.05) is 0 Å². The van der Waals surface area contributed by atoms with E-state index in [-0.39, 0.29) is 54.1 Å². The van der Waals surface area contributed by atoms with E-state index >= 15 is 0 Å². The molecule has 0 aliphatic heterocycles. The smallest absolute Gasteiger partial charge is 0.337 e. The Morgan fingerprint density at radius 3 is 2.38 bits per heavy atom. The molecule has 2 aromatic carbocycles.